The Morgan fingerprint density at radius 3 is 2.34 bits per heavy atom. The van der Waals surface area contributed by atoms with Crippen molar-refractivity contribution < 1.29 is 28.6 Å². The van der Waals surface area contributed by atoms with E-state index < -0.39 is 30.6 Å². The van der Waals surface area contributed by atoms with Gasteiger partial charge in [-0.05, 0) is 29.8 Å². The minimum atomic E-state index is -1.08. The number of nitrogens with zero attached hydrogens (tertiary/aromatic N) is 1. The van der Waals surface area contributed by atoms with Gasteiger partial charge in [-0.3, -0.25) is 9.79 Å². The number of carbonyl (C=O) groups excluding carboxylic acids is 3. The van der Waals surface area contributed by atoms with E-state index in [0.717, 1.165) is 5.56 Å². The maximum Gasteiger partial charge on any atom is 0.408 e. The number of rotatable bonds is 10. The van der Waals surface area contributed by atoms with Crippen molar-refractivity contribution in [3.8, 4) is 5.75 Å². The van der Waals surface area contributed by atoms with Crippen molar-refractivity contribution in [1.29, 1.82) is 0 Å². The molecule has 2 aromatic carbocycles. The molecule has 0 aromatic heterocycles. The Balaban J connectivity index is 1.71. The van der Waals surface area contributed by atoms with Gasteiger partial charge in [-0.1, -0.05) is 30.3 Å². The van der Waals surface area contributed by atoms with E-state index in [0.29, 0.717) is 5.75 Å². The van der Waals surface area contributed by atoms with Crippen LogP contribution in [0.15, 0.2) is 59.6 Å². The molecule has 1 amide bonds. The summed E-state index contributed by atoms with van der Waals surface area (Å²) in [6.07, 6.45) is -2.30. The second kappa shape index (κ2) is 12.5. The predicted octanol–water partition coefficient (Wildman–Crippen LogP) is 0.624. The van der Waals surface area contributed by atoms with Gasteiger partial charge >= 0.3 is 18.0 Å². The zero-order valence-corrected chi connectivity index (χ0v) is 17.2. The van der Waals surface area contributed by atoms with E-state index in [9.17, 15) is 14.4 Å². The molecule has 0 saturated heterocycles. The fourth-order valence-electron chi connectivity index (χ4n) is 2.38. The van der Waals surface area contributed by atoms with Gasteiger partial charge in [-0.2, -0.15) is 0 Å². The summed E-state index contributed by atoms with van der Waals surface area (Å²) >= 11 is 0. The van der Waals surface area contributed by atoms with Crippen LogP contribution in [0.1, 0.15) is 22.3 Å². The largest absolute Gasteiger partial charge is 0.492 e. The highest BCUT2D eigenvalue weighted by Crippen LogP contribution is 2.13. The molecule has 2 rings (SSSR count). The number of nitrogens with one attached hydrogen (secondary N) is 1. The summed E-state index contributed by atoms with van der Waals surface area (Å²) in [5.74, 6) is -1.31. The first-order valence-corrected chi connectivity index (χ1v) is 9.59. The van der Waals surface area contributed by atoms with Crippen molar-refractivity contribution in [3.05, 3.63) is 65.7 Å². The standard InChI is InChI=1S/C21H25N5O6/c22-17(26-21(29)31-13-14-4-2-1-3-5-14)12-18(27)32-19(28)15-6-8-16(9-7-15)30-11-10-25-20(23)24/h1-9,17H,10-13,22H2,(H,26,29)(H4,23,24,25)/t17-/m0/s1. The highest BCUT2D eigenvalue weighted by molar-refractivity contribution is 5.97. The second-order valence-electron chi connectivity index (χ2n) is 6.46. The molecule has 11 nitrogen and oxygen atoms in total. The lowest BCUT2D eigenvalue weighted by Gasteiger charge is -2.13. The van der Waals surface area contributed by atoms with Crippen LogP contribution in [-0.2, 0) is 20.9 Å². The van der Waals surface area contributed by atoms with E-state index in [1.807, 2.05) is 18.2 Å². The first-order chi connectivity index (χ1) is 15.3. The van der Waals surface area contributed by atoms with Crippen LogP contribution in [0, 0.1) is 0 Å². The van der Waals surface area contributed by atoms with Gasteiger partial charge in [-0.15, -0.1) is 0 Å². The number of hydrogen-bond acceptors (Lipinski definition) is 8. The first kappa shape index (κ1) is 24.2. The average molecular weight is 443 g/mol. The lowest BCUT2D eigenvalue weighted by atomic mass is 10.2. The summed E-state index contributed by atoms with van der Waals surface area (Å²) in [5.41, 5.74) is 17.1. The quantitative estimate of drug-likeness (QED) is 0.102. The summed E-state index contributed by atoms with van der Waals surface area (Å²) in [4.78, 5) is 39.5. The number of nitrogens with two attached hydrogens (primary N) is 3. The number of esters is 2. The summed E-state index contributed by atoms with van der Waals surface area (Å²) < 4.78 is 15.2. The molecule has 0 heterocycles. The van der Waals surface area contributed by atoms with E-state index in [-0.39, 0.29) is 31.3 Å². The number of alkyl carbamates (subject to hydrolysis) is 1. The molecule has 0 aliphatic heterocycles. The number of benzene rings is 2. The molecule has 0 aliphatic carbocycles. The number of amides is 1. The number of ether oxygens (including phenoxy) is 3. The third-order valence-corrected chi connectivity index (χ3v) is 3.85. The van der Waals surface area contributed by atoms with Gasteiger partial charge in [0.2, 0.25) is 0 Å². The maximum atomic E-state index is 12.1. The fraction of sp³-hybridized carbons (Fsp3) is 0.238. The van der Waals surface area contributed by atoms with Crippen molar-refractivity contribution in [2.75, 3.05) is 13.2 Å². The molecule has 2 aromatic rings. The third kappa shape index (κ3) is 9.13. The molecule has 0 saturated carbocycles. The van der Waals surface area contributed by atoms with E-state index in [2.05, 4.69) is 10.3 Å². The van der Waals surface area contributed by atoms with E-state index >= 15 is 0 Å². The van der Waals surface area contributed by atoms with Crippen molar-refractivity contribution >= 4 is 24.0 Å². The van der Waals surface area contributed by atoms with Gasteiger partial charge in [0.15, 0.2) is 5.96 Å². The highest BCUT2D eigenvalue weighted by Gasteiger charge is 2.18. The SMILES string of the molecule is NC(N)=NCCOc1ccc(C(=O)OC(=O)C[C@@H](N)NC(=O)OCc2ccccc2)cc1. The molecule has 0 fully saturated rings. The van der Waals surface area contributed by atoms with Crippen LogP contribution in [0.5, 0.6) is 5.75 Å². The van der Waals surface area contributed by atoms with Gasteiger partial charge in [0, 0.05) is 0 Å². The van der Waals surface area contributed by atoms with Crippen molar-refractivity contribution in [2.24, 2.45) is 22.2 Å². The molecule has 0 radical (unpaired) electrons. The Labute approximate surface area is 184 Å². The van der Waals surface area contributed by atoms with Crippen LogP contribution in [0.3, 0.4) is 0 Å². The van der Waals surface area contributed by atoms with E-state index in [4.69, 9.17) is 31.4 Å². The Morgan fingerprint density at radius 2 is 1.69 bits per heavy atom. The van der Waals surface area contributed by atoms with E-state index in [1.165, 1.54) is 24.3 Å². The highest BCUT2D eigenvalue weighted by atomic mass is 16.6. The molecule has 1 atom stereocenters. The number of carbonyl (C=O) groups is 3. The van der Waals surface area contributed by atoms with Crippen molar-refractivity contribution in [3.63, 3.8) is 0 Å². The van der Waals surface area contributed by atoms with Crippen LogP contribution < -0.4 is 27.3 Å². The smallest absolute Gasteiger partial charge is 0.408 e. The predicted molar refractivity (Wildman–Crippen MR) is 115 cm³/mol. The third-order valence-electron chi connectivity index (χ3n) is 3.85. The molecule has 32 heavy (non-hydrogen) atoms. The monoisotopic (exact) mass is 443 g/mol. The first-order valence-electron chi connectivity index (χ1n) is 9.59. The zero-order chi connectivity index (χ0) is 23.3. The van der Waals surface area contributed by atoms with E-state index in [1.54, 1.807) is 12.1 Å². The fourth-order valence-corrected chi connectivity index (χ4v) is 2.38. The second-order valence-corrected chi connectivity index (χ2v) is 6.46. The minimum Gasteiger partial charge on any atom is -0.492 e. The van der Waals surface area contributed by atoms with Gasteiger partial charge < -0.3 is 36.7 Å². The topological polar surface area (TPSA) is 181 Å². The molecule has 0 bridgehead atoms. The maximum absolute atomic E-state index is 12.1. The van der Waals surface area contributed by atoms with Crippen LogP contribution in [0.4, 0.5) is 4.79 Å². The summed E-state index contributed by atoms with van der Waals surface area (Å²) in [7, 11) is 0. The minimum absolute atomic E-state index is 0.0321. The Hall–Kier alpha value is -4.12. The van der Waals surface area contributed by atoms with Crippen molar-refractivity contribution in [2.45, 2.75) is 19.2 Å². The summed E-state index contributed by atoms with van der Waals surface area (Å²) in [5, 5.41) is 2.30. The van der Waals surface area contributed by atoms with Gasteiger partial charge in [-0.25, -0.2) is 9.59 Å². The molecular weight excluding hydrogens is 418 g/mol. The molecule has 11 heteroatoms. The molecule has 0 aliphatic rings. The summed E-state index contributed by atoms with van der Waals surface area (Å²) in [6, 6.07) is 15.0. The lowest BCUT2D eigenvalue weighted by Crippen LogP contribution is -2.43. The molecule has 0 spiro atoms. The van der Waals surface area contributed by atoms with Crippen LogP contribution in [-0.4, -0.2) is 43.3 Å². The number of aliphatic imine (C=N–C) groups is 1. The van der Waals surface area contributed by atoms with Gasteiger partial charge in [0.1, 0.15) is 19.0 Å². The van der Waals surface area contributed by atoms with Gasteiger partial charge in [0.25, 0.3) is 0 Å². The average Bonchev–Trinajstić information content (AvgIpc) is 2.76. The van der Waals surface area contributed by atoms with Gasteiger partial charge in [0.05, 0.1) is 24.7 Å². The van der Waals surface area contributed by atoms with Crippen molar-refractivity contribution in [1.82, 2.24) is 5.32 Å². The summed E-state index contributed by atoms with van der Waals surface area (Å²) in [6.45, 7) is 0.587. The number of guanidine groups is 1. The number of hydrogen-bond donors (Lipinski definition) is 4. The van der Waals surface area contributed by atoms with Crippen LogP contribution in [0.2, 0.25) is 0 Å². The molecule has 7 N–H and O–H groups in total. The van der Waals surface area contributed by atoms with Crippen LogP contribution >= 0.6 is 0 Å². The molecule has 0 unspecified atom stereocenters. The van der Waals surface area contributed by atoms with Crippen LogP contribution in [0.25, 0.3) is 0 Å². The molecular formula is C21H25N5O6. The Morgan fingerprint density at radius 1 is 1.00 bits per heavy atom. The Bertz CT molecular complexity index is 929. The molecule has 170 valence electrons. The Kier molecular flexibility index (Phi) is 9.47. The zero-order valence-electron chi connectivity index (χ0n) is 17.2. The normalized spacial score (nSPS) is 11.0. The lowest BCUT2D eigenvalue weighted by molar-refractivity contribution is -0.138.